The number of sulfone groups is 1. The third-order valence-corrected chi connectivity index (χ3v) is 4.69. The Bertz CT molecular complexity index is 682. The van der Waals surface area contributed by atoms with Crippen molar-refractivity contribution >= 4 is 32.8 Å². The molecule has 0 saturated heterocycles. The Balaban J connectivity index is 2.58. The van der Waals surface area contributed by atoms with Crippen molar-refractivity contribution in [3.8, 4) is 0 Å². The molecule has 4 nitrogen and oxygen atoms in total. The number of nitrogens with two attached hydrogens (primary N) is 2. The normalized spacial score (nSPS) is 11.4. The van der Waals surface area contributed by atoms with Crippen molar-refractivity contribution in [3.05, 3.63) is 47.5 Å². The van der Waals surface area contributed by atoms with Crippen LogP contribution in [0.5, 0.6) is 0 Å². The van der Waals surface area contributed by atoms with Gasteiger partial charge in [0.2, 0.25) is 9.84 Å². The second-order valence-electron chi connectivity index (χ2n) is 3.76. The van der Waals surface area contributed by atoms with Crippen LogP contribution in [0.2, 0.25) is 5.02 Å². The average Bonchev–Trinajstić information content (AvgIpc) is 2.29. The van der Waals surface area contributed by atoms with E-state index in [0.717, 1.165) is 0 Å². The lowest BCUT2D eigenvalue weighted by Gasteiger charge is -2.07. The second-order valence-corrected chi connectivity index (χ2v) is 6.09. The first-order valence-electron chi connectivity index (χ1n) is 5.07. The average molecular weight is 283 g/mol. The fourth-order valence-electron chi connectivity index (χ4n) is 1.51. The molecule has 0 radical (unpaired) electrons. The van der Waals surface area contributed by atoms with Gasteiger partial charge in [-0.25, -0.2) is 8.42 Å². The number of hydrogen-bond acceptors (Lipinski definition) is 4. The van der Waals surface area contributed by atoms with Crippen molar-refractivity contribution in [2.75, 3.05) is 11.5 Å². The van der Waals surface area contributed by atoms with E-state index in [0.29, 0.717) is 11.4 Å². The molecule has 0 aromatic heterocycles. The molecule has 6 heteroatoms. The Hall–Kier alpha value is -1.72. The lowest BCUT2D eigenvalue weighted by molar-refractivity contribution is 0.596. The minimum absolute atomic E-state index is 0.0307. The van der Waals surface area contributed by atoms with Gasteiger partial charge in [0.25, 0.3) is 0 Å². The molecule has 0 heterocycles. The molecule has 0 amide bonds. The van der Waals surface area contributed by atoms with Crippen molar-refractivity contribution in [3.63, 3.8) is 0 Å². The van der Waals surface area contributed by atoms with Crippen LogP contribution in [0, 0.1) is 0 Å². The zero-order chi connectivity index (χ0) is 13.3. The molecular formula is C12H11ClN2O2S. The number of rotatable bonds is 2. The van der Waals surface area contributed by atoms with Gasteiger partial charge in [-0.3, -0.25) is 0 Å². The van der Waals surface area contributed by atoms with Crippen molar-refractivity contribution in [1.82, 2.24) is 0 Å². The van der Waals surface area contributed by atoms with Crippen LogP contribution in [0.3, 0.4) is 0 Å². The third-order valence-electron chi connectivity index (χ3n) is 2.44. The smallest absolute Gasteiger partial charge is 0.208 e. The minimum atomic E-state index is -3.65. The monoisotopic (exact) mass is 282 g/mol. The highest BCUT2D eigenvalue weighted by atomic mass is 35.5. The molecule has 4 N–H and O–H groups in total. The standard InChI is InChI=1S/C12H11ClN2O2S/c13-11-7-9(15)3-6-12(11)18(16,17)10-4-1-8(14)2-5-10/h1-7H,14-15H2. The first kappa shape index (κ1) is 12.7. The summed E-state index contributed by atoms with van der Waals surface area (Å²) in [5.41, 5.74) is 12.0. The number of halogens is 1. The van der Waals surface area contributed by atoms with Crippen molar-refractivity contribution in [2.45, 2.75) is 9.79 Å². The predicted octanol–water partition coefficient (Wildman–Crippen LogP) is 2.34. The lowest BCUT2D eigenvalue weighted by Crippen LogP contribution is -2.03. The lowest BCUT2D eigenvalue weighted by atomic mass is 10.3. The van der Waals surface area contributed by atoms with Crippen molar-refractivity contribution in [1.29, 1.82) is 0 Å². The predicted molar refractivity (Wildman–Crippen MR) is 72.2 cm³/mol. The zero-order valence-electron chi connectivity index (χ0n) is 9.30. The second kappa shape index (κ2) is 4.51. The van der Waals surface area contributed by atoms with Crippen molar-refractivity contribution in [2.24, 2.45) is 0 Å². The molecule has 18 heavy (non-hydrogen) atoms. The van der Waals surface area contributed by atoms with Crippen LogP contribution in [0.15, 0.2) is 52.3 Å². The molecule has 0 saturated carbocycles. The highest BCUT2D eigenvalue weighted by molar-refractivity contribution is 7.91. The Morgan fingerprint density at radius 2 is 1.44 bits per heavy atom. The van der Waals surface area contributed by atoms with Gasteiger partial charge in [-0.15, -0.1) is 0 Å². The van der Waals surface area contributed by atoms with Gasteiger partial charge >= 0.3 is 0 Å². The van der Waals surface area contributed by atoms with E-state index in [1.165, 1.54) is 42.5 Å². The highest BCUT2D eigenvalue weighted by Crippen LogP contribution is 2.29. The van der Waals surface area contributed by atoms with Gasteiger partial charge in [0.15, 0.2) is 0 Å². The topological polar surface area (TPSA) is 86.2 Å². The first-order chi connectivity index (χ1) is 8.41. The maximum absolute atomic E-state index is 12.3. The van der Waals surface area contributed by atoms with E-state index >= 15 is 0 Å². The summed E-state index contributed by atoms with van der Waals surface area (Å²) in [6.07, 6.45) is 0. The zero-order valence-corrected chi connectivity index (χ0v) is 10.9. The first-order valence-corrected chi connectivity index (χ1v) is 6.93. The third kappa shape index (κ3) is 2.27. The Labute approximate surface area is 110 Å². The van der Waals surface area contributed by atoms with E-state index in [2.05, 4.69) is 0 Å². The molecule has 0 bridgehead atoms. The highest BCUT2D eigenvalue weighted by Gasteiger charge is 2.20. The van der Waals surface area contributed by atoms with Crippen LogP contribution in [-0.4, -0.2) is 8.42 Å². The van der Waals surface area contributed by atoms with Gasteiger partial charge in [0.05, 0.1) is 14.8 Å². The molecule has 0 spiro atoms. The fraction of sp³-hybridized carbons (Fsp3) is 0. The van der Waals surface area contributed by atoms with E-state index in [9.17, 15) is 8.42 Å². The van der Waals surface area contributed by atoms with E-state index in [1.807, 2.05) is 0 Å². The van der Waals surface area contributed by atoms with Gasteiger partial charge in [-0.2, -0.15) is 0 Å². The van der Waals surface area contributed by atoms with Crippen LogP contribution in [-0.2, 0) is 9.84 Å². The molecule has 0 fully saturated rings. The van der Waals surface area contributed by atoms with E-state index < -0.39 is 9.84 Å². The summed E-state index contributed by atoms with van der Waals surface area (Å²) in [6.45, 7) is 0. The van der Waals surface area contributed by atoms with E-state index in [1.54, 1.807) is 0 Å². The molecule has 0 aliphatic heterocycles. The summed E-state index contributed by atoms with van der Waals surface area (Å²) in [5.74, 6) is 0. The van der Waals surface area contributed by atoms with Crippen LogP contribution in [0.25, 0.3) is 0 Å². The van der Waals surface area contributed by atoms with Crippen molar-refractivity contribution < 1.29 is 8.42 Å². The maximum Gasteiger partial charge on any atom is 0.208 e. The number of nitrogen functional groups attached to an aromatic ring is 2. The molecule has 94 valence electrons. The Morgan fingerprint density at radius 3 is 2.00 bits per heavy atom. The van der Waals surface area contributed by atoms with E-state index in [4.69, 9.17) is 23.1 Å². The van der Waals surface area contributed by atoms with Gasteiger partial charge < -0.3 is 11.5 Å². The summed E-state index contributed by atoms with van der Waals surface area (Å²) in [5, 5.41) is 0.104. The quantitative estimate of drug-likeness (QED) is 0.828. The molecule has 2 rings (SSSR count). The molecule has 0 aliphatic rings. The number of anilines is 2. The van der Waals surface area contributed by atoms with Crippen LogP contribution >= 0.6 is 11.6 Å². The minimum Gasteiger partial charge on any atom is -0.399 e. The molecule has 2 aromatic rings. The SMILES string of the molecule is Nc1ccc(S(=O)(=O)c2ccc(N)cc2Cl)cc1. The molecule has 0 atom stereocenters. The molecule has 0 aliphatic carbocycles. The fourth-order valence-corrected chi connectivity index (χ4v) is 3.31. The summed E-state index contributed by atoms with van der Waals surface area (Å²) in [6, 6.07) is 10.2. The summed E-state index contributed by atoms with van der Waals surface area (Å²) < 4.78 is 24.6. The van der Waals surface area contributed by atoms with Gasteiger partial charge in [0, 0.05) is 11.4 Å². The van der Waals surface area contributed by atoms with Gasteiger partial charge in [-0.1, -0.05) is 11.6 Å². The molecular weight excluding hydrogens is 272 g/mol. The summed E-state index contributed by atoms with van der Waals surface area (Å²) >= 11 is 5.91. The van der Waals surface area contributed by atoms with Crippen LogP contribution in [0.4, 0.5) is 11.4 Å². The maximum atomic E-state index is 12.3. The summed E-state index contributed by atoms with van der Waals surface area (Å²) in [7, 11) is -3.65. The van der Waals surface area contributed by atoms with Gasteiger partial charge in [0.1, 0.15) is 0 Å². The largest absolute Gasteiger partial charge is 0.399 e. The van der Waals surface area contributed by atoms with Crippen LogP contribution in [0.1, 0.15) is 0 Å². The summed E-state index contributed by atoms with van der Waals surface area (Å²) in [4.78, 5) is 0.173. The Morgan fingerprint density at radius 1 is 0.889 bits per heavy atom. The van der Waals surface area contributed by atoms with Crippen LogP contribution < -0.4 is 11.5 Å². The Kier molecular flexibility index (Phi) is 3.19. The molecule has 0 unspecified atom stereocenters. The van der Waals surface area contributed by atoms with Gasteiger partial charge in [-0.05, 0) is 42.5 Å². The number of hydrogen-bond donors (Lipinski definition) is 2. The molecule has 2 aromatic carbocycles. The van der Waals surface area contributed by atoms with E-state index in [-0.39, 0.29) is 14.8 Å². The number of benzene rings is 2.